The number of nitrogens with two attached hydrogens (primary N) is 1. The molecule has 0 saturated heterocycles. The van der Waals surface area contributed by atoms with Crippen molar-refractivity contribution >= 4 is 28.2 Å². The van der Waals surface area contributed by atoms with Gasteiger partial charge in [-0.1, -0.05) is 11.6 Å². The van der Waals surface area contributed by atoms with Gasteiger partial charge in [0.25, 0.3) is 0 Å². The fraction of sp³-hybridized carbons (Fsp3) is 0.100. The molecular formula is C10H9ClN2O. The Balaban J connectivity index is 2.70. The molecule has 0 unspecified atom stereocenters. The molecule has 0 aliphatic heterocycles. The van der Waals surface area contributed by atoms with Gasteiger partial charge in [0, 0.05) is 5.39 Å². The van der Waals surface area contributed by atoms with Crippen molar-refractivity contribution in [2.45, 2.75) is 0 Å². The normalized spacial score (nSPS) is 10.4. The first kappa shape index (κ1) is 9.09. The zero-order chi connectivity index (χ0) is 10.1. The average Bonchev–Trinajstić information content (AvgIpc) is 2.19. The number of halogens is 1. The van der Waals surface area contributed by atoms with Gasteiger partial charge < -0.3 is 10.5 Å². The third-order valence-corrected chi connectivity index (χ3v) is 2.31. The van der Waals surface area contributed by atoms with Crippen LogP contribution in [0.5, 0.6) is 5.75 Å². The van der Waals surface area contributed by atoms with Crippen LogP contribution in [0.1, 0.15) is 0 Å². The molecule has 14 heavy (non-hydrogen) atoms. The Morgan fingerprint density at radius 2 is 2.14 bits per heavy atom. The SMILES string of the molecule is COc1ccc2nc(Cl)c(N)cc2c1. The standard InChI is InChI=1S/C10H9ClN2O/c1-14-7-2-3-9-6(4-7)5-8(12)10(11)13-9/h2-5H,12H2,1H3. The van der Waals surface area contributed by atoms with Crippen LogP contribution in [0.15, 0.2) is 24.3 Å². The van der Waals surface area contributed by atoms with Crippen LogP contribution >= 0.6 is 11.6 Å². The predicted octanol–water partition coefficient (Wildman–Crippen LogP) is 2.48. The second-order valence-corrected chi connectivity index (χ2v) is 3.29. The van der Waals surface area contributed by atoms with Crippen LogP contribution in [0.4, 0.5) is 5.69 Å². The minimum absolute atomic E-state index is 0.336. The molecule has 0 atom stereocenters. The molecule has 3 nitrogen and oxygen atoms in total. The number of fused-ring (bicyclic) bond motifs is 1. The summed E-state index contributed by atoms with van der Waals surface area (Å²) in [5.74, 6) is 0.779. The summed E-state index contributed by atoms with van der Waals surface area (Å²) in [4.78, 5) is 4.14. The van der Waals surface area contributed by atoms with Gasteiger partial charge in [0.15, 0.2) is 5.15 Å². The number of rotatable bonds is 1. The quantitative estimate of drug-likeness (QED) is 0.733. The molecule has 0 aliphatic carbocycles. The Kier molecular flexibility index (Phi) is 2.17. The van der Waals surface area contributed by atoms with E-state index >= 15 is 0 Å². The summed E-state index contributed by atoms with van der Waals surface area (Å²) in [7, 11) is 1.62. The number of pyridine rings is 1. The lowest BCUT2D eigenvalue weighted by molar-refractivity contribution is 0.415. The zero-order valence-corrected chi connectivity index (χ0v) is 8.38. The van der Waals surface area contributed by atoms with Crippen LogP contribution in [-0.2, 0) is 0 Å². The monoisotopic (exact) mass is 208 g/mol. The molecule has 0 saturated carbocycles. The smallest absolute Gasteiger partial charge is 0.152 e. The Bertz CT molecular complexity index is 485. The van der Waals surface area contributed by atoms with Crippen LogP contribution in [0, 0.1) is 0 Å². The third kappa shape index (κ3) is 1.46. The topological polar surface area (TPSA) is 48.1 Å². The molecule has 2 rings (SSSR count). The molecule has 0 spiro atoms. The Morgan fingerprint density at radius 1 is 1.36 bits per heavy atom. The number of ether oxygens (including phenoxy) is 1. The van der Waals surface area contributed by atoms with E-state index in [1.807, 2.05) is 18.2 Å². The summed E-state index contributed by atoms with van der Waals surface area (Å²) >= 11 is 5.79. The molecule has 0 fully saturated rings. The maximum Gasteiger partial charge on any atom is 0.152 e. The number of hydrogen-bond donors (Lipinski definition) is 1. The Morgan fingerprint density at radius 3 is 2.86 bits per heavy atom. The molecule has 0 radical (unpaired) electrons. The first-order valence-electron chi connectivity index (χ1n) is 4.10. The minimum atomic E-state index is 0.336. The summed E-state index contributed by atoms with van der Waals surface area (Å²) < 4.78 is 5.09. The fourth-order valence-corrected chi connectivity index (χ4v) is 1.42. The van der Waals surface area contributed by atoms with Crippen molar-refractivity contribution in [3.63, 3.8) is 0 Å². The van der Waals surface area contributed by atoms with Gasteiger partial charge in [-0.2, -0.15) is 0 Å². The summed E-state index contributed by atoms with van der Waals surface area (Å²) in [5, 5.41) is 1.26. The maximum atomic E-state index is 5.79. The van der Waals surface area contributed by atoms with Crippen LogP contribution in [0.3, 0.4) is 0 Å². The fourth-order valence-electron chi connectivity index (χ4n) is 1.27. The summed E-state index contributed by atoms with van der Waals surface area (Å²) in [6.45, 7) is 0. The Labute approximate surface area is 86.5 Å². The number of aromatic nitrogens is 1. The minimum Gasteiger partial charge on any atom is -0.497 e. The third-order valence-electron chi connectivity index (χ3n) is 2.00. The first-order valence-corrected chi connectivity index (χ1v) is 4.48. The van der Waals surface area contributed by atoms with Crippen molar-refractivity contribution in [1.29, 1.82) is 0 Å². The first-order chi connectivity index (χ1) is 6.70. The molecule has 72 valence electrons. The lowest BCUT2D eigenvalue weighted by Crippen LogP contribution is -1.90. The zero-order valence-electron chi connectivity index (χ0n) is 7.62. The molecule has 0 amide bonds. The molecule has 2 aromatic rings. The maximum absolute atomic E-state index is 5.79. The van der Waals surface area contributed by atoms with E-state index < -0.39 is 0 Å². The van der Waals surface area contributed by atoms with Gasteiger partial charge in [-0.15, -0.1) is 0 Å². The van der Waals surface area contributed by atoms with Crippen LogP contribution in [0.25, 0.3) is 10.9 Å². The van der Waals surface area contributed by atoms with E-state index in [-0.39, 0.29) is 0 Å². The van der Waals surface area contributed by atoms with Gasteiger partial charge in [-0.05, 0) is 24.3 Å². The number of nitrogen functional groups attached to an aromatic ring is 1. The molecule has 0 aliphatic rings. The largest absolute Gasteiger partial charge is 0.497 e. The van der Waals surface area contributed by atoms with Gasteiger partial charge in [-0.25, -0.2) is 4.98 Å². The van der Waals surface area contributed by atoms with Gasteiger partial charge in [0.2, 0.25) is 0 Å². The van der Waals surface area contributed by atoms with E-state index in [2.05, 4.69) is 4.98 Å². The number of nitrogens with zero attached hydrogens (tertiary/aromatic N) is 1. The summed E-state index contributed by atoms with van der Waals surface area (Å²) in [5.41, 5.74) is 6.93. The van der Waals surface area contributed by atoms with E-state index in [9.17, 15) is 0 Å². The van der Waals surface area contributed by atoms with E-state index in [0.29, 0.717) is 10.8 Å². The molecule has 2 N–H and O–H groups in total. The van der Waals surface area contributed by atoms with E-state index in [4.69, 9.17) is 22.1 Å². The number of hydrogen-bond acceptors (Lipinski definition) is 3. The van der Waals surface area contributed by atoms with Gasteiger partial charge >= 0.3 is 0 Å². The molecule has 4 heteroatoms. The molecule has 1 aromatic heterocycles. The molecule has 1 heterocycles. The van der Waals surface area contributed by atoms with E-state index in [1.165, 1.54) is 0 Å². The highest BCUT2D eigenvalue weighted by Crippen LogP contribution is 2.25. The number of benzene rings is 1. The highest BCUT2D eigenvalue weighted by molar-refractivity contribution is 6.32. The highest BCUT2D eigenvalue weighted by atomic mass is 35.5. The van der Waals surface area contributed by atoms with Crippen molar-refractivity contribution in [3.05, 3.63) is 29.4 Å². The van der Waals surface area contributed by atoms with Gasteiger partial charge in [0.05, 0.1) is 18.3 Å². The number of anilines is 1. The lowest BCUT2D eigenvalue weighted by atomic mass is 10.2. The van der Waals surface area contributed by atoms with E-state index in [0.717, 1.165) is 16.7 Å². The predicted molar refractivity (Wildman–Crippen MR) is 57.7 cm³/mol. The average molecular weight is 209 g/mol. The van der Waals surface area contributed by atoms with Crippen LogP contribution < -0.4 is 10.5 Å². The molecule has 0 bridgehead atoms. The number of methoxy groups -OCH3 is 1. The van der Waals surface area contributed by atoms with E-state index in [1.54, 1.807) is 13.2 Å². The van der Waals surface area contributed by atoms with Crippen molar-refractivity contribution in [1.82, 2.24) is 4.98 Å². The Hall–Kier alpha value is -1.48. The second-order valence-electron chi connectivity index (χ2n) is 2.93. The van der Waals surface area contributed by atoms with Crippen molar-refractivity contribution in [2.75, 3.05) is 12.8 Å². The lowest BCUT2D eigenvalue weighted by Gasteiger charge is -2.03. The van der Waals surface area contributed by atoms with Crippen molar-refractivity contribution < 1.29 is 4.74 Å². The van der Waals surface area contributed by atoms with Crippen molar-refractivity contribution in [3.8, 4) is 5.75 Å². The highest BCUT2D eigenvalue weighted by Gasteiger charge is 2.02. The molecule has 1 aromatic carbocycles. The summed E-state index contributed by atoms with van der Waals surface area (Å²) in [6.07, 6.45) is 0. The van der Waals surface area contributed by atoms with Crippen LogP contribution in [0.2, 0.25) is 5.15 Å². The van der Waals surface area contributed by atoms with Crippen molar-refractivity contribution in [2.24, 2.45) is 0 Å². The second kappa shape index (κ2) is 3.35. The van der Waals surface area contributed by atoms with Gasteiger partial charge in [-0.3, -0.25) is 0 Å². The van der Waals surface area contributed by atoms with Gasteiger partial charge in [0.1, 0.15) is 5.75 Å². The molecular weight excluding hydrogens is 200 g/mol. The summed E-state index contributed by atoms with van der Waals surface area (Å²) in [6, 6.07) is 7.34. The van der Waals surface area contributed by atoms with Crippen LogP contribution in [-0.4, -0.2) is 12.1 Å².